The third-order valence-electron chi connectivity index (χ3n) is 4.00. The van der Waals surface area contributed by atoms with E-state index >= 15 is 0 Å². The van der Waals surface area contributed by atoms with Gasteiger partial charge in [0.2, 0.25) is 0 Å². The van der Waals surface area contributed by atoms with Crippen molar-refractivity contribution in [2.75, 3.05) is 5.32 Å². The molecule has 0 fully saturated rings. The van der Waals surface area contributed by atoms with Gasteiger partial charge in [0.1, 0.15) is 5.02 Å². The summed E-state index contributed by atoms with van der Waals surface area (Å²) < 4.78 is 0. The van der Waals surface area contributed by atoms with Crippen molar-refractivity contribution in [1.82, 2.24) is 10.2 Å². The summed E-state index contributed by atoms with van der Waals surface area (Å²) in [5.74, 6) is 0.129. The van der Waals surface area contributed by atoms with Crippen molar-refractivity contribution in [2.24, 2.45) is 0 Å². The third-order valence-corrected chi connectivity index (χ3v) is 4.41. The topological polar surface area (TPSA) is 108 Å². The molecule has 24 heavy (non-hydrogen) atoms. The molecule has 0 amide bonds. The standard InChI is InChI=1S/C16H14ClN5O2/c1-2-4-12-10(7-18)14(11-8-19-21-16(11)20-12)9-5-3-6-13(15(9)17)22(23)24/h3,5-6,8,14H,2,4H2,1H3,(H2,19,20,21). The summed E-state index contributed by atoms with van der Waals surface area (Å²) in [7, 11) is 0. The van der Waals surface area contributed by atoms with Gasteiger partial charge < -0.3 is 5.32 Å². The summed E-state index contributed by atoms with van der Waals surface area (Å²) in [5.41, 5.74) is 2.38. The summed E-state index contributed by atoms with van der Waals surface area (Å²) in [6.45, 7) is 2.01. The molecule has 1 unspecified atom stereocenters. The lowest BCUT2D eigenvalue weighted by atomic mass is 9.82. The van der Waals surface area contributed by atoms with Crippen LogP contribution in [0.2, 0.25) is 5.02 Å². The van der Waals surface area contributed by atoms with Gasteiger partial charge in [0.15, 0.2) is 5.82 Å². The molecule has 7 nitrogen and oxygen atoms in total. The molecule has 0 radical (unpaired) electrons. The number of nitro benzene ring substituents is 1. The zero-order chi connectivity index (χ0) is 17.3. The second-order valence-corrected chi connectivity index (χ2v) is 5.82. The first kappa shape index (κ1) is 16.0. The molecule has 1 aromatic heterocycles. The van der Waals surface area contributed by atoms with Gasteiger partial charge in [-0.15, -0.1) is 0 Å². The van der Waals surface area contributed by atoms with E-state index < -0.39 is 10.8 Å². The minimum Gasteiger partial charge on any atom is -0.341 e. The van der Waals surface area contributed by atoms with Gasteiger partial charge in [-0.3, -0.25) is 15.2 Å². The fourth-order valence-corrected chi connectivity index (χ4v) is 3.27. The quantitative estimate of drug-likeness (QED) is 0.641. The second kappa shape index (κ2) is 6.34. The van der Waals surface area contributed by atoms with Crippen LogP contribution in [0.25, 0.3) is 0 Å². The number of nitriles is 1. The van der Waals surface area contributed by atoms with Crippen LogP contribution in [0.4, 0.5) is 11.5 Å². The molecule has 0 bridgehead atoms. The molecular formula is C16H14ClN5O2. The molecular weight excluding hydrogens is 330 g/mol. The van der Waals surface area contributed by atoms with E-state index in [0.717, 1.165) is 17.7 Å². The molecule has 0 spiro atoms. The van der Waals surface area contributed by atoms with Crippen LogP contribution in [0.1, 0.15) is 36.8 Å². The van der Waals surface area contributed by atoms with Crippen molar-refractivity contribution >= 4 is 23.1 Å². The monoisotopic (exact) mass is 343 g/mol. The lowest BCUT2D eigenvalue weighted by Gasteiger charge is -2.26. The molecule has 122 valence electrons. The highest BCUT2D eigenvalue weighted by molar-refractivity contribution is 6.33. The first-order chi connectivity index (χ1) is 11.6. The third kappa shape index (κ3) is 2.51. The molecule has 3 rings (SSSR count). The summed E-state index contributed by atoms with van der Waals surface area (Å²) in [6.07, 6.45) is 3.21. The molecule has 2 aromatic rings. The van der Waals surface area contributed by atoms with Crippen LogP contribution in [0.15, 0.2) is 35.7 Å². The Hall–Kier alpha value is -2.85. The number of anilines is 1. The van der Waals surface area contributed by atoms with E-state index in [9.17, 15) is 15.4 Å². The van der Waals surface area contributed by atoms with Crippen molar-refractivity contribution < 1.29 is 4.92 Å². The van der Waals surface area contributed by atoms with E-state index in [1.165, 1.54) is 6.07 Å². The number of aromatic amines is 1. The number of H-pyrrole nitrogens is 1. The zero-order valence-corrected chi connectivity index (χ0v) is 13.6. The summed E-state index contributed by atoms with van der Waals surface area (Å²) >= 11 is 6.29. The van der Waals surface area contributed by atoms with Crippen molar-refractivity contribution in [3.8, 4) is 6.07 Å². The van der Waals surface area contributed by atoms with Crippen molar-refractivity contribution in [2.45, 2.75) is 25.7 Å². The average Bonchev–Trinajstić information content (AvgIpc) is 3.02. The van der Waals surface area contributed by atoms with Gasteiger partial charge in [-0.25, -0.2) is 0 Å². The first-order valence-corrected chi connectivity index (χ1v) is 7.82. The van der Waals surface area contributed by atoms with Crippen LogP contribution < -0.4 is 5.32 Å². The maximum atomic E-state index is 11.2. The number of hydrogen-bond donors (Lipinski definition) is 2. The van der Waals surface area contributed by atoms with E-state index in [1.54, 1.807) is 18.3 Å². The van der Waals surface area contributed by atoms with Crippen LogP contribution in [0.5, 0.6) is 0 Å². The molecule has 1 aromatic carbocycles. The summed E-state index contributed by atoms with van der Waals surface area (Å²) in [4.78, 5) is 10.7. The number of allylic oxidation sites excluding steroid dienone is 2. The number of nitrogens with zero attached hydrogens (tertiary/aromatic N) is 3. The van der Waals surface area contributed by atoms with Crippen molar-refractivity contribution in [3.63, 3.8) is 0 Å². The highest BCUT2D eigenvalue weighted by Gasteiger charge is 2.33. The summed E-state index contributed by atoms with van der Waals surface area (Å²) in [5, 5.41) is 31.0. The SMILES string of the molecule is CCCC1=C(C#N)C(c2cccc([N+](=O)[O-])c2Cl)c2c[nH]nc2N1. The largest absolute Gasteiger partial charge is 0.341 e. The smallest absolute Gasteiger partial charge is 0.288 e. The van der Waals surface area contributed by atoms with Crippen LogP contribution >= 0.6 is 11.6 Å². The lowest BCUT2D eigenvalue weighted by Crippen LogP contribution is -2.18. The minimum absolute atomic E-state index is 0.0464. The van der Waals surface area contributed by atoms with Crippen LogP contribution in [-0.2, 0) is 0 Å². The second-order valence-electron chi connectivity index (χ2n) is 5.44. The van der Waals surface area contributed by atoms with Crippen LogP contribution in [0.3, 0.4) is 0 Å². The molecule has 1 atom stereocenters. The predicted octanol–water partition coefficient (Wildman–Crippen LogP) is 4.11. The number of benzene rings is 1. The van der Waals surface area contributed by atoms with Crippen molar-refractivity contribution in [3.05, 3.63) is 61.9 Å². The van der Waals surface area contributed by atoms with Crippen molar-refractivity contribution in [1.29, 1.82) is 5.26 Å². The first-order valence-electron chi connectivity index (χ1n) is 7.45. The lowest BCUT2D eigenvalue weighted by molar-refractivity contribution is -0.384. The number of fused-ring (bicyclic) bond motifs is 1. The molecule has 0 saturated carbocycles. The molecule has 1 aliphatic rings. The molecule has 0 aliphatic carbocycles. The van der Waals surface area contributed by atoms with Gasteiger partial charge in [0.25, 0.3) is 5.69 Å². The van der Waals surface area contributed by atoms with E-state index in [0.29, 0.717) is 23.4 Å². The van der Waals surface area contributed by atoms with E-state index in [-0.39, 0.29) is 10.7 Å². The van der Waals surface area contributed by atoms with E-state index in [1.807, 2.05) is 6.92 Å². The van der Waals surface area contributed by atoms with Gasteiger partial charge in [-0.2, -0.15) is 10.4 Å². The van der Waals surface area contributed by atoms with Gasteiger partial charge in [-0.05, 0) is 12.0 Å². The number of hydrogen-bond acceptors (Lipinski definition) is 5. The van der Waals surface area contributed by atoms with Crippen LogP contribution in [0, 0.1) is 21.4 Å². The number of nitro groups is 1. The normalized spacial score (nSPS) is 16.3. The van der Waals surface area contributed by atoms with Gasteiger partial charge >= 0.3 is 0 Å². The Morgan fingerprint density at radius 1 is 1.46 bits per heavy atom. The molecule has 1 aliphatic heterocycles. The highest BCUT2D eigenvalue weighted by Crippen LogP contribution is 2.45. The Morgan fingerprint density at radius 3 is 2.92 bits per heavy atom. The Morgan fingerprint density at radius 2 is 2.25 bits per heavy atom. The van der Waals surface area contributed by atoms with Gasteiger partial charge in [0, 0.05) is 23.5 Å². The molecule has 0 saturated heterocycles. The highest BCUT2D eigenvalue weighted by atomic mass is 35.5. The van der Waals surface area contributed by atoms with E-state index in [2.05, 4.69) is 21.6 Å². The average molecular weight is 344 g/mol. The summed E-state index contributed by atoms with van der Waals surface area (Å²) in [6, 6.07) is 6.88. The Bertz CT molecular complexity index is 881. The van der Waals surface area contributed by atoms with Gasteiger partial charge in [-0.1, -0.05) is 37.1 Å². The fourth-order valence-electron chi connectivity index (χ4n) is 2.96. The van der Waals surface area contributed by atoms with E-state index in [4.69, 9.17) is 11.6 Å². The zero-order valence-electron chi connectivity index (χ0n) is 12.8. The number of nitrogens with one attached hydrogen (secondary N) is 2. The van der Waals surface area contributed by atoms with Crippen LogP contribution in [-0.4, -0.2) is 15.1 Å². The molecule has 8 heteroatoms. The Kier molecular flexibility index (Phi) is 4.23. The molecule has 2 heterocycles. The van der Waals surface area contributed by atoms with Gasteiger partial charge in [0.05, 0.1) is 22.5 Å². The molecule has 2 N–H and O–H groups in total. The number of halogens is 1. The Labute approximate surface area is 143 Å². The Balaban J connectivity index is 2.24. The maximum Gasteiger partial charge on any atom is 0.288 e. The maximum absolute atomic E-state index is 11.2. The number of rotatable bonds is 4. The number of aromatic nitrogens is 2. The predicted molar refractivity (Wildman–Crippen MR) is 89.7 cm³/mol. The fraction of sp³-hybridized carbons (Fsp3) is 0.250. The minimum atomic E-state index is -0.522.